The Morgan fingerprint density at radius 3 is 2.53 bits per heavy atom. The molecule has 19 heavy (non-hydrogen) atoms. The Morgan fingerprint density at radius 1 is 1.11 bits per heavy atom. The normalized spacial score (nSPS) is 10.1. The maximum absolute atomic E-state index is 13.3. The third kappa shape index (κ3) is 3.10. The lowest BCUT2D eigenvalue weighted by molar-refractivity contribution is 0.230. The number of rotatable bonds is 2. The van der Waals surface area contributed by atoms with Gasteiger partial charge in [0.1, 0.15) is 5.82 Å². The summed E-state index contributed by atoms with van der Waals surface area (Å²) in [7, 11) is 3.33. The molecular weight excluding hydrogens is 243 g/mol. The smallest absolute Gasteiger partial charge is 0.321 e. The van der Waals surface area contributed by atoms with Crippen molar-refractivity contribution in [2.24, 2.45) is 0 Å². The highest BCUT2D eigenvalue weighted by molar-refractivity contribution is 5.94. The molecule has 2 aromatic carbocycles. The molecule has 3 nitrogen and oxygen atoms in total. The summed E-state index contributed by atoms with van der Waals surface area (Å²) in [5, 5.41) is 2.79. The van der Waals surface area contributed by atoms with Crippen molar-refractivity contribution in [2.75, 3.05) is 19.4 Å². The van der Waals surface area contributed by atoms with Crippen LogP contribution in [0.25, 0.3) is 11.1 Å². The van der Waals surface area contributed by atoms with Crippen LogP contribution in [-0.2, 0) is 0 Å². The molecular formula is C15H15FN2O. The van der Waals surface area contributed by atoms with Gasteiger partial charge in [0, 0.05) is 19.7 Å². The first-order valence-electron chi connectivity index (χ1n) is 5.91. The summed E-state index contributed by atoms with van der Waals surface area (Å²) in [5.74, 6) is -0.300. The molecule has 0 saturated carbocycles. The summed E-state index contributed by atoms with van der Waals surface area (Å²) in [6, 6.07) is 13.4. The fourth-order valence-corrected chi connectivity index (χ4v) is 1.73. The second-order valence-corrected chi connectivity index (χ2v) is 4.38. The van der Waals surface area contributed by atoms with Crippen LogP contribution in [0.1, 0.15) is 0 Å². The number of halogens is 1. The number of carbonyl (C=O) groups is 1. The zero-order valence-corrected chi connectivity index (χ0v) is 10.9. The first kappa shape index (κ1) is 13.1. The van der Waals surface area contributed by atoms with Crippen molar-refractivity contribution in [3.63, 3.8) is 0 Å². The van der Waals surface area contributed by atoms with Gasteiger partial charge in [-0.25, -0.2) is 9.18 Å². The molecule has 0 aliphatic rings. The number of amides is 2. The van der Waals surface area contributed by atoms with E-state index >= 15 is 0 Å². The number of para-hydroxylation sites is 1. The van der Waals surface area contributed by atoms with E-state index in [1.807, 2.05) is 24.3 Å². The van der Waals surface area contributed by atoms with Crippen molar-refractivity contribution < 1.29 is 9.18 Å². The number of hydrogen-bond acceptors (Lipinski definition) is 1. The van der Waals surface area contributed by atoms with Crippen LogP contribution in [-0.4, -0.2) is 25.0 Å². The van der Waals surface area contributed by atoms with Gasteiger partial charge in [0.25, 0.3) is 0 Å². The number of nitrogens with one attached hydrogen (secondary N) is 1. The summed E-state index contributed by atoms with van der Waals surface area (Å²) in [4.78, 5) is 13.2. The summed E-state index contributed by atoms with van der Waals surface area (Å²) in [5.41, 5.74) is 2.18. The molecule has 0 aromatic heterocycles. The van der Waals surface area contributed by atoms with Crippen molar-refractivity contribution >= 4 is 11.7 Å². The van der Waals surface area contributed by atoms with E-state index in [0.717, 1.165) is 11.1 Å². The van der Waals surface area contributed by atoms with Crippen LogP contribution in [0.5, 0.6) is 0 Å². The molecule has 98 valence electrons. The van der Waals surface area contributed by atoms with E-state index in [-0.39, 0.29) is 11.8 Å². The highest BCUT2D eigenvalue weighted by atomic mass is 19.1. The summed E-state index contributed by atoms with van der Waals surface area (Å²) in [6.07, 6.45) is 0. The first-order valence-corrected chi connectivity index (χ1v) is 5.91. The van der Waals surface area contributed by atoms with Crippen LogP contribution in [0.4, 0.5) is 14.9 Å². The quantitative estimate of drug-likeness (QED) is 0.877. The molecule has 4 heteroatoms. The first-order chi connectivity index (χ1) is 9.08. The second kappa shape index (κ2) is 5.52. The summed E-state index contributed by atoms with van der Waals surface area (Å²) >= 11 is 0. The Kier molecular flexibility index (Phi) is 3.80. The maximum Gasteiger partial charge on any atom is 0.321 e. The molecule has 2 amide bonds. The van der Waals surface area contributed by atoms with Crippen molar-refractivity contribution in [1.82, 2.24) is 4.90 Å². The molecule has 0 heterocycles. The van der Waals surface area contributed by atoms with Crippen LogP contribution in [0.3, 0.4) is 0 Å². The fraction of sp³-hybridized carbons (Fsp3) is 0.133. The van der Waals surface area contributed by atoms with Crippen LogP contribution in [0.15, 0.2) is 48.5 Å². The maximum atomic E-state index is 13.3. The number of hydrogen-bond donors (Lipinski definition) is 1. The van der Waals surface area contributed by atoms with Gasteiger partial charge in [-0.1, -0.05) is 30.3 Å². The molecule has 0 radical (unpaired) electrons. The average molecular weight is 258 g/mol. The zero-order chi connectivity index (χ0) is 13.8. The predicted octanol–water partition coefficient (Wildman–Crippen LogP) is 3.59. The van der Waals surface area contributed by atoms with Gasteiger partial charge in [-0.15, -0.1) is 0 Å². The molecule has 0 unspecified atom stereocenters. The number of carbonyl (C=O) groups excluding carboxylic acids is 1. The van der Waals surface area contributed by atoms with Gasteiger partial charge in [-0.3, -0.25) is 0 Å². The Bertz CT molecular complexity index is 596. The minimum Gasteiger partial charge on any atom is -0.331 e. The van der Waals surface area contributed by atoms with E-state index in [1.54, 1.807) is 26.2 Å². The lowest BCUT2D eigenvalue weighted by atomic mass is 10.0. The third-order valence-electron chi connectivity index (χ3n) is 2.71. The third-order valence-corrected chi connectivity index (χ3v) is 2.71. The van der Waals surface area contributed by atoms with E-state index in [4.69, 9.17) is 0 Å². The second-order valence-electron chi connectivity index (χ2n) is 4.38. The van der Waals surface area contributed by atoms with Gasteiger partial charge < -0.3 is 10.2 Å². The van der Waals surface area contributed by atoms with Crippen LogP contribution in [0.2, 0.25) is 0 Å². The van der Waals surface area contributed by atoms with Crippen molar-refractivity contribution in [1.29, 1.82) is 0 Å². The van der Waals surface area contributed by atoms with E-state index in [2.05, 4.69) is 5.32 Å². The molecule has 0 fully saturated rings. The van der Waals surface area contributed by atoms with Crippen molar-refractivity contribution in [3.8, 4) is 11.1 Å². The summed E-state index contributed by atoms with van der Waals surface area (Å²) < 4.78 is 13.3. The van der Waals surface area contributed by atoms with Gasteiger partial charge >= 0.3 is 6.03 Å². The molecule has 2 aromatic rings. The van der Waals surface area contributed by atoms with Gasteiger partial charge in [0.05, 0.1) is 5.69 Å². The van der Waals surface area contributed by atoms with E-state index < -0.39 is 0 Å². The monoisotopic (exact) mass is 258 g/mol. The van der Waals surface area contributed by atoms with Crippen LogP contribution < -0.4 is 5.32 Å². The van der Waals surface area contributed by atoms with E-state index in [1.165, 1.54) is 17.0 Å². The Hall–Kier alpha value is -2.36. The molecule has 0 atom stereocenters. The van der Waals surface area contributed by atoms with Crippen molar-refractivity contribution in [2.45, 2.75) is 0 Å². The molecule has 0 bridgehead atoms. The molecule has 0 spiro atoms. The molecule has 0 saturated heterocycles. The highest BCUT2D eigenvalue weighted by Gasteiger charge is 2.09. The number of benzene rings is 2. The zero-order valence-electron chi connectivity index (χ0n) is 10.9. The molecule has 0 aliphatic heterocycles. The predicted molar refractivity (Wildman–Crippen MR) is 74.5 cm³/mol. The lowest BCUT2D eigenvalue weighted by Crippen LogP contribution is -2.27. The number of nitrogens with zero attached hydrogens (tertiary/aromatic N) is 1. The van der Waals surface area contributed by atoms with Gasteiger partial charge in [-0.2, -0.15) is 0 Å². The fourth-order valence-electron chi connectivity index (χ4n) is 1.73. The Balaban J connectivity index is 2.39. The molecule has 0 aliphatic carbocycles. The lowest BCUT2D eigenvalue weighted by Gasteiger charge is -2.15. The van der Waals surface area contributed by atoms with E-state index in [0.29, 0.717) is 5.69 Å². The largest absolute Gasteiger partial charge is 0.331 e. The number of urea groups is 1. The summed E-state index contributed by atoms with van der Waals surface area (Å²) in [6.45, 7) is 0. The van der Waals surface area contributed by atoms with Gasteiger partial charge in [0.2, 0.25) is 0 Å². The van der Waals surface area contributed by atoms with Gasteiger partial charge in [-0.05, 0) is 23.8 Å². The highest BCUT2D eigenvalue weighted by Crippen LogP contribution is 2.28. The van der Waals surface area contributed by atoms with Gasteiger partial charge in [0.15, 0.2) is 0 Å². The minimum atomic E-state index is -0.300. The van der Waals surface area contributed by atoms with Crippen LogP contribution in [0, 0.1) is 5.82 Å². The Morgan fingerprint density at radius 2 is 1.84 bits per heavy atom. The molecule has 1 N–H and O–H groups in total. The number of anilines is 1. The standard InChI is InChI=1S/C15H15FN2O/c1-18(2)15(19)17-14-9-4-3-8-13(14)11-6-5-7-12(16)10-11/h3-10H,1-2H3,(H,17,19). The SMILES string of the molecule is CN(C)C(=O)Nc1ccccc1-c1cccc(F)c1. The minimum absolute atomic E-state index is 0.219. The van der Waals surface area contributed by atoms with Crippen LogP contribution >= 0.6 is 0 Å². The average Bonchev–Trinajstić information content (AvgIpc) is 2.39. The Labute approximate surface area is 111 Å². The van der Waals surface area contributed by atoms with Crippen molar-refractivity contribution in [3.05, 3.63) is 54.3 Å². The topological polar surface area (TPSA) is 32.3 Å². The van der Waals surface area contributed by atoms with E-state index in [9.17, 15) is 9.18 Å². The molecule has 2 rings (SSSR count).